The van der Waals surface area contributed by atoms with Gasteiger partial charge in [-0.05, 0) is 25.8 Å². The van der Waals surface area contributed by atoms with Crippen molar-refractivity contribution in [2.45, 2.75) is 45.3 Å². The predicted molar refractivity (Wildman–Crippen MR) is 95.6 cm³/mol. The van der Waals surface area contributed by atoms with Crippen molar-refractivity contribution in [2.75, 3.05) is 24.3 Å². The minimum absolute atomic E-state index is 0.245. The van der Waals surface area contributed by atoms with E-state index in [0.717, 1.165) is 16.6 Å². The van der Waals surface area contributed by atoms with E-state index >= 15 is 0 Å². The number of fused-ring (bicyclic) bond motifs is 1. The number of anilines is 2. The van der Waals surface area contributed by atoms with Crippen molar-refractivity contribution in [1.29, 1.82) is 0 Å². The number of pyridine rings is 1. The first kappa shape index (κ1) is 17.5. The number of nitrogens with one attached hydrogen (secondary N) is 1. The van der Waals surface area contributed by atoms with E-state index in [0.29, 0.717) is 31.7 Å². The molecule has 5 heteroatoms. The van der Waals surface area contributed by atoms with Crippen molar-refractivity contribution in [3.63, 3.8) is 0 Å². The quantitative estimate of drug-likeness (QED) is 0.697. The molecule has 0 aliphatic rings. The molecule has 0 aliphatic carbocycles. The summed E-state index contributed by atoms with van der Waals surface area (Å²) in [5, 5.41) is 15.3. The van der Waals surface area contributed by atoms with Gasteiger partial charge in [0.2, 0.25) is 0 Å². The Hall–Kier alpha value is -1.85. The molecule has 2 aromatic rings. The number of hydrogen-bond donors (Lipinski definition) is 3. The van der Waals surface area contributed by atoms with Crippen LogP contribution in [0.4, 0.5) is 11.4 Å². The van der Waals surface area contributed by atoms with Gasteiger partial charge in [-0.25, -0.2) is 0 Å². The van der Waals surface area contributed by atoms with Crippen LogP contribution in [0.15, 0.2) is 30.5 Å². The van der Waals surface area contributed by atoms with Crippen LogP contribution < -0.4 is 11.1 Å². The fraction of sp³-hybridized carbons (Fsp3) is 0.500. The molecular weight excluding hydrogens is 290 g/mol. The monoisotopic (exact) mass is 317 g/mol. The number of nitrogens with two attached hydrogens (primary N) is 1. The van der Waals surface area contributed by atoms with Crippen molar-refractivity contribution < 1.29 is 9.84 Å². The summed E-state index contributed by atoms with van der Waals surface area (Å²) in [6, 6.07) is 7.59. The first-order chi connectivity index (χ1) is 11.1. The first-order valence-corrected chi connectivity index (χ1v) is 8.25. The van der Waals surface area contributed by atoms with Crippen LogP contribution in [-0.4, -0.2) is 34.9 Å². The summed E-state index contributed by atoms with van der Waals surface area (Å²) in [6.45, 7) is 6.94. The largest absolute Gasteiger partial charge is 0.396 e. The molecule has 0 amide bonds. The fourth-order valence-electron chi connectivity index (χ4n) is 2.80. The molecule has 0 saturated heterocycles. The molecule has 23 heavy (non-hydrogen) atoms. The van der Waals surface area contributed by atoms with Crippen molar-refractivity contribution in [3.8, 4) is 0 Å². The Morgan fingerprint density at radius 3 is 2.61 bits per heavy atom. The van der Waals surface area contributed by atoms with E-state index in [1.54, 1.807) is 6.20 Å². The molecule has 1 heterocycles. The van der Waals surface area contributed by atoms with Gasteiger partial charge in [-0.15, -0.1) is 0 Å². The number of para-hydroxylation sites is 1. The smallest absolute Gasteiger partial charge is 0.0865 e. The van der Waals surface area contributed by atoms with E-state index in [4.69, 9.17) is 10.5 Å². The van der Waals surface area contributed by atoms with Gasteiger partial charge in [0.1, 0.15) is 0 Å². The van der Waals surface area contributed by atoms with Gasteiger partial charge in [0.15, 0.2) is 0 Å². The molecule has 1 atom stereocenters. The van der Waals surface area contributed by atoms with Gasteiger partial charge in [0.25, 0.3) is 0 Å². The number of benzene rings is 1. The van der Waals surface area contributed by atoms with Crippen LogP contribution in [0.3, 0.4) is 0 Å². The molecule has 0 saturated carbocycles. The van der Waals surface area contributed by atoms with Crippen LogP contribution in [0.1, 0.15) is 33.6 Å². The van der Waals surface area contributed by atoms with E-state index in [9.17, 15) is 5.11 Å². The summed E-state index contributed by atoms with van der Waals surface area (Å²) < 4.78 is 5.59. The number of aliphatic hydroxyl groups is 1. The van der Waals surface area contributed by atoms with Crippen LogP contribution in [0, 0.1) is 0 Å². The van der Waals surface area contributed by atoms with Crippen molar-refractivity contribution in [2.24, 2.45) is 0 Å². The van der Waals surface area contributed by atoms with Gasteiger partial charge in [-0.3, -0.25) is 4.98 Å². The summed E-state index contributed by atoms with van der Waals surface area (Å²) in [5.74, 6) is 0. The molecule has 4 N–H and O–H groups in total. The average molecular weight is 317 g/mol. The third-order valence-electron chi connectivity index (χ3n) is 4.49. The van der Waals surface area contributed by atoms with E-state index < -0.39 is 5.60 Å². The zero-order valence-electron chi connectivity index (χ0n) is 14.2. The second-order valence-corrected chi connectivity index (χ2v) is 5.77. The van der Waals surface area contributed by atoms with Crippen LogP contribution >= 0.6 is 0 Å². The summed E-state index contributed by atoms with van der Waals surface area (Å²) in [4.78, 5) is 4.35. The zero-order chi connectivity index (χ0) is 16.9. The Labute approximate surface area is 137 Å². The number of hydrogen-bond acceptors (Lipinski definition) is 5. The lowest BCUT2D eigenvalue weighted by atomic mass is 9.88. The number of ether oxygens (including phenoxy) is 1. The van der Waals surface area contributed by atoms with Gasteiger partial charge >= 0.3 is 0 Å². The lowest BCUT2D eigenvalue weighted by molar-refractivity contribution is -0.0163. The van der Waals surface area contributed by atoms with Crippen molar-refractivity contribution in [3.05, 3.63) is 30.5 Å². The number of nitrogen functional groups attached to an aromatic ring is 1. The molecule has 2 rings (SSSR count). The molecule has 0 fully saturated rings. The number of rotatable bonds is 8. The highest BCUT2D eigenvalue weighted by Gasteiger charge is 2.34. The molecule has 0 bridgehead atoms. The number of nitrogens with zero attached hydrogens (tertiary/aromatic N) is 1. The Morgan fingerprint density at radius 1 is 1.26 bits per heavy atom. The Bertz CT molecular complexity index is 641. The lowest BCUT2D eigenvalue weighted by Crippen LogP contribution is -2.49. The predicted octanol–water partition coefficient (Wildman–Crippen LogP) is 3.19. The van der Waals surface area contributed by atoms with Gasteiger partial charge < -0.3 is 20.9 Å². The van der Waals surface area contributed by atoms with Gasteiger partial charge in [-0.2, -0.15) is 0 Å². The second-order valence-electron chi connectivity index (χ2n) is 5.77. The molecule has 1 aromatic heterocycles. The summed E-state index contributed by atoms with van der Waals surface area (Å²) in [5.41, 5.74) is 7.53. The molecule has 0 aliphatic heterocycles. The SMILES string of the molecule is CCOC[C@@H](Nc1c(N)cnc2ccccc12)C(O)(CC)CC. The average Bonchev–Trinajstić information content (AvgIpc) is 2.59. The van der Waals surface area contributed by atoms with Crippen LogP contribution in [0.5, 0.6) is 0 Å². The molecule has 126 valence electrons. The normalized spacial score (nSPS) is 13.2. The third-order valence-corrected chi connectivity index (χ3v) is 4.49. The maximum atomic E-state index is 10.9. The Morgan fingerprint density at radius 2 is 1.96 bits per heavy atom. The summed E-state index contributed by atoms with van der Waals surface area (Å²) >= 11 is 0. The van der Waals surface area contributed by atoms with Crippen LogP contribution in [0.2, 0.25) is 0 Å². The molecular formula is C18H27N3O2. The number of aromatic nitrogens is 1. The molecule has 5 nitrogen and oxygen atoms in total. The van der Waals surface area contributed by atoms with Crippen LogP contribution in [-0.2, 0) is 4.74 Å². The highest BCUT2D eigenvalue weighted by Crippen LogP contribution is 2.31. The molecule has 0 radical (unpaired) electrons. The standard InChI is InChI=1S/C18H27N3O2/c1-4-18(22,5-2)16(12-23-6-3)21-17-13-9-7-8-10-15(13)20-11-14(17)19/h7-11,16,22H,4-6,12,19H2,1-3H3,(H,20,21)/t16-/m1/s1. The van der Waals surface area contributed by atoms with Gasteiger partial charge in [0.05, 0.1) is 41.3 Å². The molecule has 0 spiro atoms. The Kier molecular flexibility index (Phi) is 5.80. The van der Waals surface area contributed by atoms with Crippen molar-refractivity contribution in [1.82, 2.24) is 4.98 Å². The zero-order valence-corrected chi connectivity index (χ0v) is 14.2. The minimum Gasteiger partial charge on any atom is -0.396 e. The first-order valence-electron chi connectivity index (χ1n) is 8.25. The van der Waals surface area contributed by atoms with E-state index in [1.807, 2.05) is 45.0 Å². The summed E-state index contributed by atoms with van der Waals surface area (Å²) in [6.07, 6.45) is 2.92. The molecule has 0 unspecified atom stereocenters. The van der Waals surface area contributed by atoms with Gasteiger partial charge in [0, 0.05) is 12.0 Å². The second kappa shape index (κ2) is 7.62. The summed E-state index contributed by atoms with van der Waals surface area (Å²) in [7, 11) is 0. The fourth-order valence-corrected chi connectivity index (χ4v) is 2.80. The topological polar surface area (TPSA) is 80.4 Å². The maximum Gasteiger partial charge on any atom is 0.0865 e. The van der Waals surface area contributed by atoms with E-state index in [-0.39, 0.29) is 6.04 Å². The van der Waals surface area contributed by atoms with Gasteiger partial charge in [-0.1, -0.05) is 32.0 Å². The highest BCUT2D eigenvalue weighted by atomic mass is 16.5. The van der Waals surface area contributed by atoms with E-state index in [2.05, 4.69) is 10.3 Å². The maximum absolute atomic E-state index is 10.9. The minimum atomic E-state index is -0.855. The van der Waals surface area contributed by atoms with Crippen molar-refractivity contribution >= 4 is 22.3 Å². The van der Waals surface area contributed by atoms with E-state index in [1.165, 1.54) is 0 Å². The third kappa shape index (κ3) is 3.74. The van der Waals surface area contributed by atoms with Crippen LogP contribution in [0.25, 0.3) is 10.9 Å². The lowest BCUT2D eigenvalue weighted by Gasteiger charge is -2.36. The Balaban J connectivity index is 2.41. The molecule has 1 aromatic carbocycles. The highest BCUT2D eigenvalue weighted by molar-refractivity contribution is 5.97.